The number of nitrogens with one attached hydrogen (secondary N) is 1. The molecule has 2 fully saturated rings. The van der Waals surface area contributed by atoms with Crippen molar-refractivity contribution in [2.24, 2.45) is 0 Å². The molecule has 2 N–H and O–H groups in total. The van der Waals surface area contributed by atoms with Gasteiger partial charge in [0.05, 0.1) is 17.6 Å². The molecule has 0 bridgehead atoms. The Hall–Kier alpha value is -0.170. The maximum atomic E-state index is 11.2. The highest BCUT2D eigenvalue weighted by Gasteiger charge is 2.33. The molecule has 0 aromatic heterocycles. The summed E-state index contributed by atoms with van der Waals surface area (Å²) in [6.07, 6.45) is -0.351. The van der Waals surface area contributed by atoms with Crippen molar-refractivity contribution in [2.75, 3.05) is 37.7 Å². The van der Waals surface area contributed by atoms with Gasteiger partial charge in [-0.2, -0.15) is 0 Å². The first-order chi connectivity index (χ1) is 6.58. The minimum absolute atomic E-state index is 0.102. The first-order valence-corrected chi connectivity index (χ1v) is 6.74. The van der Waals surface area contributed by atoms with Crippen molar-refractivity contribution in [1.29, 1.82) is 0 Å². The highest BCUT2D eigenvalue weighted by Crippen LogP contribution is 2.13. The fourth-order valence-electron chi connectivity index (χ4n) is 2.08. The number of sulfone groups is 1. The quantitative estimate of drug-likeness (QED) is 0.537. The van der Waals surface area contributed by atoms with Crippen LogP contribution in [0.4, 0.5) is 0 Å². The summed E-state index contributed by atoms with van der Waals surface area (Å²) in [5, 5.41) is 12.7. The van der Waals surface area contributed by atoms with Crippen LogP contribution in [0, 0.1) is 0 Å². The minimum Gasteiger partial charge on any atom is -0.390 e. The lowest BCUT2D eigenvalue weighted by Gasteiger charge is -2.33. The van der Waals surface area contributed by atoms with E-state index in [0.717, 1.165) is 6.54 Å². The second-order valence-electron chi connectivity index (χ2n) is 3.98. The molecule has 5 nitrogen and oxygen atoms in total. The summed E-state index contributed by atoms with van der Waals surface area (Å²) in [7, 11) is -2.81. The Bertz CT molecular complexity index is 290. The molecule has 2 atom stereocenters. The van der Waals surface area contributed by atoms with Crippen LogP contribution in [0.2, 0.25) is 0 Å². The lowest BCUT2D eigenvalue weighted by Crippen LogP contribution is -2.50. The Morgan fingerprint density at radius 1 is 1.21 bits per heavy atom. The fraction of sp³-hybridized carbons (Fsp3) is 1.00. The van der Waals surface area contributed by atoms with E-state index in [1.807, 2.05) is 0 Å². The summed E-state index contributed by atoms with van der Waals surface area (Å²) < 4.78 is 22.4. The van der Waals surface area contributed by atoms with Gasteiger partial charge in [0.1, 0.15) is 0 Å². The largest absolute Gasteiger partial charge is 0.390 e. The number of rotatable bonds is 1. The zero-order chi connectivity index (χ0) is 10.2. The normalized spacial score (nSPS) is 38.6. The van der Waals surface area contributed by atoms with Gasteiger partial charge in [0.15, 0.2) is 9.84 Å². The van der Waals surface area contributed by atoms with Crippen LogP contribution in [-0.4, -0.2) is 68.3 Å². The average molecular weight is 220 g/mol. The summed E-state index contributed by atoms with van der Waals surface area (Å²) in [5.74, 6) is 0.465. The highest BCUT2D eigenvalue weighted by atomic mass is 32.2. The molecule has 2 saturated heterocycles. The summed E-state index contributed by atoms with van der Waals surface area (Å²) in [6, 6.07) is 0.102. The second-order valence-corrected chi connectivity index (χ2v) is 6.28. The van der Waals surface area contributed by atoms with E-state index in [-0.39, 0.29) is 23.7 Å². The van der Waals surface area contributed by atoms with E-state index in [9.17, 15) is 13.5 Å². The topological polar surface area (TPSA) is 69.6 Å². The van der Waals surface area contributed by atoms with E-state index in [2.05, 4.69) is 10.2 Å². The van der Waals surface area contributed by atoms with E-state index < -0.39 is 9.84 Å². The molecule has 0 aromatic rings. The molecule has 0 radical (unpaired) electrons. The maximum Gasteiger partial charge on any atom is 0.152 e. The Labute approximate surface area is 84.0 Å². The van der Waals surface area contributed by atoms with Gasteiger partial charge in [-0.05, 0) is 0 Å². The Morgan fingerprint density at radius 3 is 2.36 bits per heavy atom. The van der Waals surface area contributed by atoms with Crippen LogP contribution < -0.4 is 5.32 Å². The number of β-amino-alcohol motifs (C(OH)–C–C–N with tert-alkyl or cyclic N) is 1. The third-order valence-electron chi connectivity index (χ3n) is 3.00. The van der Waals surface area contributed by atoms with Crippen molar-refractivity contribution in [3.63, 3.8) is 0 Å². The standard InChI is InChI=1S/C8H16N2O3S/c11-8-6-9-5-7(8)10-1-3-14(12,13)4-2-10/h7-9,11H,1-6H2. The fourth-order valence-corrected chi connectivity index (χ4v) is 3.31. The molecule has 0 spiro atoms. The monoisotopic (exact) mass is 220 g/mol. The highest BCUT2D eigenvalue weighted by molar-refractivity contribution is 7.91. The molecule has 2 unspecified atom stereocenters. The van der Waals surface area contributed by atoms with Gasteiger partial charge in [0, 0.05) is 32.2 Å². The van der Waals surface area contributed by atoms with Crippen LogP contribution in [-0.2, 0) is 9.84 Å². The van der Waals surface area contributed by atoms with Crippen molar-refractivity contribution < 1.29 is 13.5 Å². The van der Waals surface area contributed by atoms with Crippen molar-refractivity contribution >= 4 is 9.84 Å². The van der Waals surface area contributed by atoms with Crippen LogP contribution in [0.3, 0.4) is 0 Å². The Kier molecular flexibility index (Phi) is 2.79. The van der Waals surface area contributed by atoms with Gasteiger partial charge >= 0.3 is 0 Å². The summed E-state index contributed by atoms with van der Waals surface area (Å²) in [5.41, 5.74) is 0. The Balaban J connectivity index is 1.95. The Morgan fingerprint density at radius 2 is 1.86 bits per heavy atom. The predicted octanol–water partition coefficient (Wildman–Crippen LogP) is -1.95. The summed E-state index contributed by atoms with van der Waals surface area (Å²) in [6.45, 7) is 2.51. The zero-order valence-corrected chi connectivity index (χ0v) is 8.83. The first-order valence-electron chi connectivity index (χ1n) is 4.92. The lowest BCUT2D eigenvalue weighted by atomic mass is 10.2. The van der Waals surface area contributed by atoms with Crippen molar-refractivity contribution in [1.82, 2.24) is 10.2 Å². The van der Waals surface area contributed by atoms with Gasteiger partial charge in [-0.3, -0.25) is 4.90 Å². The average Bonchev–Trinajstić information content (AvgIpc) is 2.52. The molecule has 6 heteroatoms. The molecule has 2 rings (SSSR count). The van der Waals surface area contributed by atoms with Crippen molar-refractivity contribution in [2.45, 2.75) is 12.1 Å². The summed E-state index contributed by atoms with van der Waals surface area (Å²) in [4.78, 5) is 2.08. The molecule has 0 saturated carbocycles. The summed E-state index contributed by atoms with van der Waals surface area (Å²) >= 11 is 0. The van der Waals surface area contributed by atoms with Gasteiger partial charge < -0.3 is 10.4 Å². The molecular weight excluding hydrogens is 204 g/mol. The second kappa shape index (κ2) is 3.77. The molecule has 0 aromatic carbocycles. The molecule has 14 heavy (non-hydrogen) atoms. The third kappa shape index (κ3) is 2.08. The number of hydrogen-bond donors (Lipinski definition) is 2. The molecule has 82 valence electrons. The number of nitrogens with zero attached hydrogens (tertiary/aromatic N) is 1. The van der Waals surface area contributed by atoms with E-state index in [1.54, 1.807) is 0 Å². The van der Waals surface area contributed by atoms with Gasteiger partial charge in [-0.15, -0.1) is 0 Å². The molecule has 0 aliphatic carbocycles. The van der Waals surface area contributed by atoms with Gasteiger partial charge in [-0.25, -0.2) is 8.42 Å². The maximum absolute atomic E-state index is 11.2. The molecule has 2 heterocycles. The number of aliphatic hydroxyl groups is 1. The predicted molar refractivity (Wildman–Crippen MR) is 52.9 cm³/mol. The van der Waals surface area contributed by atoms with Gasteiger partial charge in [-0.1, -0.05) is 0 Å². The van der Waals surface area contributed by atoms with E-state index >= 15 is 0 Å². The zero-order valence-electron chi connectivity index (χ0n) is 8.02. The van der Waals surface area contributed by atoms with Gasteiger partial charge in [0.25, 0.3) is 0 Å². The minimum atomic E-state index is -2.81. The van der Waals surface area contributed by atoms with Crippen LogP contribution in [0.5, 0.6) is 0 Å². The van der Waals surface area contributed by atoms with Gasteiger partial charge in [0.2, 0.25) is 0 Å². The SMILES string of the molecule is O=S1(=O)CCN(C2CNCC2O)CC1. The number of aliphatic hydroxyl groups excluding tert-OH is 1. The van der Waals surface area contributed by atoms with E-state index in [0.29, 0.717) is 19.6 Å². The molecular formula is C8H16N2O3S. The molecule has 2 aliphatic rings. The van der Waals surface area contributed by atoms with Crippen LogP contribution in [0.15, 0.2) is 0 Å². The first kappa shape index (κ1) is 10.4. The van der Waals surface area contributed by atoms with Crippen LogP contribution >= 0.6 is 0 Å². The van der Waals surface area contributed by atoms with Crippen molar-refractivity contribution in [3.05, 3.63) is 0 Å². The lowest BCUT2D eigenvalue weighted by molar-refractivity contribution is 0.0886. The van der Waals surface area contributed by atoms with Crippen molar-refractivity contribution in [3.8, 4) is 0 Å². The number of hydrogen-bond acceptors (Lipinski definition) is 5. The molecule has 0 amide bonds. The van der Waals surface area contributed by atoms with Crippen LogP contribution in [0.1, 0.15) is 0 Å². The third-order valence-corrected chi connectivity index (χ3v) is 4.61. The van der Waals surface area contributed by atoms with E-state index in [4.69, 9.17) is 0 Å². The van der Waals surface area contributed by atoms with Crippen LogP contribution in [0.25, 0.3) is 0 Å². The van der Waals surface area contributed by atoms with E-state index in [1.165, 1.54) is 0 Å². The smallest absolute Gasteiger partial charge is 0.152 e. The molecule has 2 aliphatic heterocycles.